The monoisotopic (exact) mass is 378 g/mol. The van der Waals surface area contributed by atoms with Gasteiger partial charge in [0.15, 0.2) is 0 Å². The van der Waals surface area contributed by atoms with Crippen molar-refractivity contribution < 1.29 is 14.6 Å². The van der Waals surface area contributed by atoms with Gasteiger partial charge < -0.3 is 9.84 Å². The van der Waals surface area contributed by atoms with Crippen LogP contribution in [0, 0.1) is 22.7 Å². The van der Waals surface area contributed by atoms with Crippen molar-refractivity contribution in [3.8, 4) is 5.75 Å². The smallest absolute Gasteiger partial charge is 0.309 e. The molecule has 0 spiro atoms. The Hall–Kier alpha value is -1.03. The predicted molar refractivity (Wildman–Crippen MR) is 91.6 cm³/mol. The molecule has 0 heterocycles. The minimum atomic E-state index is -0.558. The first-order valence-electron chi connectivity index (χ1n) is 8.50. The number of hydrogen-bond acceptors (Lipinski definition) is 2. The van der Waals surface area contributed by atoms with E-state index in [2.05, 4.69) is 22.0 Å². The van der Waals surface area contributed by atoms with E-state index in [1.54, 1.807) is 7.11 Å². The van der Waals surface area contributed by atoms with Crippen molar-refractivity contribution in [3.05, 3.63) is 28.2 Å². The highest BCUT2D eigenvalue weighted by Crippen LogP contribution is 2.66. The molecule has 4 bridgehead atoms. The molecule has 2 unspecified atom stereocenters. The van der Waals surface area contributed by atoms with E-state index in [4.69, 9.17) is 4.74 Å². The van der Waals surface area contributed by atoms with Crippen LogP contribution in [0.15, 0.2) is 22.7 Å². The van der Waals surface area contributed by atoms with Gasteiger partial charge in [0.25, 0.3) is 0 Å². The minimum absolute atomic E-state index is 0.149. The van der Waals surface area contributed by atoms with Gasteiger partial charge in [-0.25, -0.2) is 0 Å². The Balaban J connectivity index is 1.69. The van der Waals surface area contributed by atoms with E-state index < -0.39 is 11.4 Å². The molecule has 4 heteroatoms. The first kappa shape index (κ1) is 15.5. The Morgan fingerprint density at radius 3 is 2.61 bits per heavy atom. The Morgan fingerprint density at radius 2 is 2.00 bits per heavy atom. The third-order valence-corrected chi connectivity index (χ3v) is 6.94. The molecule has 0 aromatic heterocycles. The van der Waals surface area contributed by atoms with E-state index in [0.29, 0.717) is 11.8 Å². The highest BCUT2D eigenvalue weighted by atomic mass is 79.9. The van der Waals surface area contributed by atoms with Crippen LogP contribution < -0.4 is 4.74 Å². The van der Waals surface area contributed by atoms with E-state index in [-0.39, 0.29) is 5.41 Å². The van der Waals surface area contributed by atoms with Crippen LogP contribution in [0.2, 0.25) is 0 Å². The van der Waals surface area contributed by atoms with Crippen molar-refractivity contribution in [1.29, 1.82) is 0 Å². The van der Waals surface area contributed by atoms with Gasteiger partial charge in [-0.2, -0.15) is 0 Å². The van der Waals surface area contributed by atoms with Crippen LogP contribution in [-0.2, 0) is 11.2 Å². The lowest BCUT2D eigenvalue weighted by atomic mass is 9.43. The molecule has 4 fully saturated rings. The molecule has 4 aliphatic rings. The summed E-state index contributed by atoms with van der Waals surface area (Å²) in [6.45, 7) is 0. The summed E-state index contributed by atoms with van der Waals surface area (Å²) in [5, 5.41) is 9.87. The molecule has 23 heavy (non-hydrogen) atoms. The van der Waals surface area contributed by atoms with E-state index >= 15 is 0 Å². The summed E-state index contributed by atoms with van der Waals surface area (Å²) in [6.07, 6.45) is 7.21. The highest BCUT2D eigenvalue weighted by molar-refractivity contribution is 9.10. The van der Waals surface area contributed by atoms with Crippen LogP contribution in [0.5, 0.6) is 5.75 Å². The maximum Gasteiger partial charge on any atom is 0.309 e. The predicted octanol–water partition coefficient (Wildman–Crippen LogP) is 4.67. The third-order valence-electron chi connectivity index (χ3n) is 6.44. The minimum Gasteiger partial charge on any atom is -0.496 e. The van der Waals surface area contributed by atoms with Gasteiger partial charge in [0, 0.05) is 4.47 Å². The van der Waals surface area contributed by atoms with Gasteiger partial charge >= 0.3 is 5.97 Å². The second-order valence-electron chi connectivity index (χ2n) is 8.18. The van der Waals surface area contributed by atoms with Crippen molar-refractivity contribution in [2.24, 2.45) is 22.7 Å². The summed E-state index contributed by atoms with van der Waals surface area (Å²) < 4.78 is 6.61. The van der Waals surface area contributed by atoms with Crippen molar-refractivity contribution in [3.63, 3.8) is 0 Å². The molecule has 0 saturated heterocycles. The number of benzene rings is 1. The second-order valence-corrected chi connectivity index (χ2v) is 9.10. The van der Waals surface area contributed by atoms with Gasteiger partial charge in [0.2, 0.25) is 0 Å². The summed E-state index contributed by atoms with van der Waals surface area (Å²) in [6, 6.07) is 6.15. The zero-order valence-corrected chi connectivity index (χ0v) is 15.1. The van der Waals surface area contributed by atoms with E-state index in [0.717, 1.165) is 35.9 Å². The number of ether oxygens (including phenoxy) is 1. The van der Waals surface area contributed by atoms with Crippen molar-refractivity contribution in [2.75, 3.05) is 7.11 Å². The molecule has 124 valence electrons. The Bertz CT molecular complexity index is 640. The molecular formula is C19H23BrO3. The lowest BCUT2D eigenvalue weighted by molar-refractivity contribution is -0.174. The molecule has 1 N–H and O–H groups in total. The maximum atomic E-state index is 12.0. The third kappa shape index (κ3) is 2.50. The van der Waals surface area contributed by atoms with Crippen LogP contribution in [0.1, 0.15) is 44.1 Å². The van der Waals surface area contributed by atoms with Gasteiger partial charge in [0.1, 0.15) is 5.75 Å². The maximum absolute atomic E-state index is 12.0. The Labute approximate surface area is 145 Å². The van der Waals surface area contributed by atoms with Gasteiger partial charge in [-0.1, -0.05) is 15.9 Å². The lowest BCUT2D eigenvalue weighted by Crippen LogP contribution is -2.55. The fraction of sp³-hybridized carbons (Fsp3) is 0.632. The molecule has 4 saturated carbocycles. The van der Waals surface area contributed by atoms with Crippen molar-refractivity contribution in [1.82, 2.24) is 0 Å². The number of carboxylic acid groups (broad SMARTS) is 1. The number of rotatable bonds is 4. The van der Waals surface area contributed by atoms with E-state index in [1.807, 2.05) is 12.1 Å². The molecule has 1 aromatic rings. The number of hydrogen-bond donors (Lipinski definition) is 1. The highest BCUT2D eigenvalue weighted by Gasteiger charge is 2.60. The number of aliphatic carboxylic acids is 1. The van der Waals surface area contributed by atoms with Crippen molar-refractivity contribution >= 4 is 21.9 Å². The molecule has 2 atom stereocenters. The van der Waals surface area contributed by atoms with Gasteiger partial charge in [0.05, 0.1) is 12.5 Å². The molecule has 4 aliphatic carbocycles. The summed E-state index contributed by atoms with van der Waals surface area (Å²) >= 11 is 3.56. The molecular weight excluding hydrogens is 356 g/mol. The number of methoxy groups -OCH3 is 1. The molecule has 0 aliphatic heterocycles. The molecule has 1 aromatic carbocycles. The normalized spacial score (nSPS) is 37.8. The van der Waals surface area contributed by atoms with Crippen LogP contribution in [-0.4, -0.2) is 18.2 Å². The largest absolute Gasteiger partial charge is 0.496 e. The summed E-state index contributed by atoms with van der Waals surface area (Å²) in [5.41, 5.74) is 0.907. The quantitative estimate of drug-likeness (QED) is 0.827. The van der Waals surface area contributed by atoms with Crippen LogP contribution in [0.25, 0.3) is 0 Å². The van der Waals surface area contributed by atoms with Crippen LogP contribution >= 0.6 is 15.9 Å². The van der Waals surface area contributed by atoms with E-state index in [1.165, 1.54) is 24.8 Å². The summed E-state index contributed by atoms with van der Waals surface area (Å²) in [5.74, 6) is 1.57. The average Bonchev–Trinajstić information content (AvgIpc) is 2.45. The SMILES string of the molecule is COc1ccc(Br)cc1CC12CC3CC(C1)CC(C(=O)O)(C3)C2. The molecule has 0 radical (unpaired) electrons. The van der Waals surface area contributed by atoms with E-state index in [9.17, 15) is 9.90 Å². The van der Waals surface area contributed by atoms with Crippen LogP contribution in [0.3, 0.4) is 0 Å². The molecule has 5 rings (SSSR count). The molecule has 0 amide bonds. The fourth-order valence-corrected chi connectivity index (χ4v) is 6.61. The summed E-state index contributed by atoms with van der Waals surface area (Å²) in [4.78, 5) is 12.0. The van der Waals surface area contributed by atoms with Gasteiger partial charge in [-0.15, -0.1) is 0 Å². The Morgan fingerprint density at radius 1 is 1.30 bits per heavy atom. The van der Waals surface area contributed by atoms with Crippen molar-refractivity contribution in [2.45, 2.75) is 44.9 Å². The zero-order chi connectivity index (χ0) is 16.2. The standard InChI is InChI=1S/C19H23BrO3/c1-23-16-3-2-15(20)5-14(16)10-18-6-12-4-13(7-18)9-19(8-12,11-18)17(21)22/h2-3,5,12-13H,4,6-11H2,1H3,(H,21,22). The second kappa shape index (κ2) is 5.23. The van der Waals surface area contributed by atoms with Gasteiger partial charge in [-0.3, -0.25) is 4.79 Å². The van der Waals surface area contributed by atoms with Gasteiger partial charge in [-0.05, 0) is 86.0 Å². The first-order valence-corrected chi connectivity index (χ1v) is 9.29. The number of carboxylic acids is 1. The lowest BCUT2D eigenvalue weighted by Gasteiger charge is -2.60. The number of carbonyl (C=O) groups is 1. The number of halogens is 1. The van der Waals surface area contributed by atoms with Crippen LogP contribution in [0.4, 0.5) is 0 Å². The zero-order valence-electron chi connectivity index (χ0n) is 13.5. The molecule has 3 nitrogen and oxygen atoms in total. The fourth-order valence-electron chi connectivity index (χ4n) is 6.20. The first-order chi connectivity index (χ1) is 10.9. The average molecular weight is 379 g/mol. The summed E-state index contributed by atoms with van der Waals surface area (Å²) in [7, 11) is 1.71. The topological polar surface area (TPSA) is 46.5 Å². The Kier molecular flexibility index (Phi) is 3.53.